The molecule has 0 aromatic carbocycles. The van der Waals surface area contributed by atoms with E-state index in [9.17, 15) is 0 Å². The van der Waals surface area contributed by atoms with E-state index in [0.29, 0.717) is 6.04 Å². The zero-order valence-electron chi connectivity index (χ0n) is 9.60. The lowest BCUT2D eigenvalue weighted by molar-refractivity contribution is 0.758. The molecule has 2 rings (SSSR count). The smallest absolute Gasteiger partial charge is 0.126 e. The predicted molar refractivity (Wildman–Crippen MR) is 69.9 cm³/mol. The van der Waals surface area contributed by atoms with Crippen molar-refractivity contribution in [1.82, 2.24) is 4.98 Å². The van der Waals surface area contributed by atoms with Crippen LogP contribution in [0.4, 0.5) is 5.82 Å². The normalized spacial score (nSPS) is 12.4. The Labute approximate surface area is 100 Å². The summed E-state index contributed by atoms with van der Waals surface area (Å²) in [5, 5.41) is 5.59. The molecule has 2 aromatic heterocycles. The minimum atomic E-state index is 0.370. The van der Waals surface area contributed by atoms with Gasteiger partial charge in [0.05, 0.1) is 6.04 Å². The van der Waals surface area contributed by atoms with Crippen molar-refractivity contribution in [3.05, 3.63) is 46.3 Å². The maximum atomic E-state index is 4.46. The molecule has 0 fully saturated rings. The number of hydrogen-bond acceptors (Lipinski definition) is 3. The molecule has 0 aliphatic carbocycles. The van der Waals surface area contributed by atoms with Crippen LogP contribution in [0.1, 0.15) is 30.0 Å². The maximum absolute atomic E-state index is 4.46. The van der Waals surface area contributed by atoms with Crippen LogP contribution >= 0.6 is 11.3 Å². The highest BCUT2D eigenvalue weighted by Gasteiger charge is 2.10. The largest absolute Gasteiger partial charge is 0.362 e. The van der Waals surface area contributed by atoms with Crippen molar-refractivity contribution in [3.8, 4) is 0 Å². The fourth-order valence-corrected chi connectivity index (χ4v) is 2.53. The molecule has 0 spiro atoms. The molecule has 1 atom stereocenters. The third-order valence-electron chi connectivity index (χ3n) is 2.51. The van der Waals surface area contributed by atoms with Crippen molar-refractivity contribution >= 4 is 17.2 Å². The number of hydrogen-bond donors (Lipinski definition) is 1. The monoisotopic (exact) mass is 232 g/mol. The molecule has 3 heteroatoms. The van der Waals surface area contributed by atoms with Crippen LogP contribution in [0.5, 0.6) is 0 Å². The first kappa shape index (κ1) is 11.1. The molecular weight excluding hydrogens is 216 g/mol. The lowest BCUT2D eigenvalue weighted by Crippen LogP contribution is -2.09. The second-order valence-electron chi connectivity index (χ2n) is 3.78. The van der Waals surface area contributed by atoms with Crippen LogP contribution in [0.3, 0.4) is 0 Å². The molecule has 0 saturated carbocycles. The minimum absolute atomic E-state index is 0.370. The molecule has 0 saturated heterocycles. The van der Waals surface area contributed by atoms with Crippen LogP contribution in [0.2, 0.25) is 0 Å². The molecule has 0 radical (unpaired) electrons. The Morgan fingerprint density at radius 2 is 2.19 bits per heavy atom. The lowest BCUT2D eigenvalue weighted by Gasteiger charge is -2.16. The van der Waals surface area contributed by atoms with Crippen molar-refractivity contribution in [1.29, 1.82) is 0 Å². The fourth-order valence-electron chi connectivity index (χ4n) is 1.67. The van der Waals surface area contributed by atoms with Crippen LogP contribution in [0, 0.1) is 6.92 Å². The fraction of sp³-hybridized carbons (Fsp3) is 0.308. The van der Waals surface area contributed by atoms with Crippen LogP contribution in [-0.4, -0.2) is 4.98 Å². The summed E-state index contributed by atoms with van der Waals surface area (Å²) in [6, 6.07) is 10.7. The minimum Gasteiger partial charge on any atom is -0.362 e. The molecule has 2 nitrogen and oxygen atoms in total. The van der Waals surface area contributed by atoms with Gasteiger partial charge in [0.1, 0.15) is 5.82 Å². The van der Waals surface area contributed by atoms with Gasteiger partial charge in [-0.05, 0) is 36.9 Å². The van der Waals surface area contributed by atoms with Crippen LogP contribution in [-0.2, 0) is 0 Å². The van der Waals surface area contributed by atoms with Gasteiger partial charge in [-0.25, -0.2) is 4.98 Å². The summed E-state index contributed by atoms with van der Waals surface area (Å²) in [7, 11) is 0. The molecule has 2 aromatic rings. The number of aryl methyl sites for hydroxylation is 1. The second kappa shape index (κ2) is 5.12. The highest BCUT2D eigenvalue weighted by Crippen LogP contribution is 2.25. The van der Waals surface area contributed by atoms with Crippen molar-refractivity contribution in [2.75, 3.05) is 5.32 Å². The summed E-state index contributed by atoms with van der Waals surface area (Å²) in [4.78, 5) is 5.83. The molecule has 0 aliphatic rings. The summed E-state index contributed by atoms with van der Waals surface area (Å²) >= 11 is 1.79. The number of aromatic nitrogens is 1. The Morgan fingerprint density at radius 3 is 2.81 bits per heavy atom. The number of thiophene rings is 1. The SMILES string of the molecule is CCC(Nc1cccc(C)n1)c1cccs1. The number of anilines is 1. The van der Waals surface area contributed by atoms with Gasteiger partial charge in [-0.15, -0.1) is 11.3 Å². The van der Waals surface area contributed by atoms with Gasteiger partial charge in [0.2, 0.25) is 0 Å². The summed E-state index contributed by atoms with van der Waals surface area (Å²) in [5.74, 6) is 0.959. The van der Waals surface area contributed by atoms with E-state index in [2.05, 4.69) is 34.7 Å². The topological polar surface area (TPSA) is 24.9 Å². The standard InChI is InChI=1S/C13H16N2S/c1-3-11(12-7-5-9-16-12)15-13-8-4-6-10(2)14-13/h4-9,11H,3H2,1-2H3,(H,14,15). The predicted octanol–water partition coefficient (Wildman–Crippen LogP) is 4.01. The van der Waals surface area contributed by atoms with Gasteiger partial charge >= 0.3 is 0 Å². The lowest BCUT2D eigenvalue weighted by atomic mass is 10.2. The number of nitrogens with zero attached hydrogens (tertiary/aromatic N) is 1. The molecule has 84 valence electrons. The number of nitrogens with one attached hydrogen (secondary N) is 1. The van der Waals surface area contributed by atoms with Crippen molar-refractivity contribution in [3.63, 3.8) is 0 Å². The van der Waals surface area contributed by atoms with E-state index in [0.717, 1.165) is 17.9 Å². The van der Waals surface area contributed by atoms with E-state index < -0.39 is 0 Å². The van der Waals surface area contributed by atoms with Crippen LogP contribution < -0.4 is 5.32 Å². The van der Waals surface area contributed by atoms with Gasteiger partial charge in [-0.1, -0.05) is 19.1 Å². The summed E-state index contributed by atoms with van der Waals surface area (Å²) in [6.45, 7) is 4.20. The maximum Gasteiger partial charge on any atom is 0.126 e. The molecule has 2 heterocycles. The first-order valence-corrected chi connectivity index (χ1v) is 6.41. The third-order valence-corrected chi connectivity index (χ3v) is 3.49. The van der Waals surface area contributed by atoms with E-state index in [-0.39, 0.29) is 0 Å². The zero-order chi connectivity index (χ0) is 11.4. The zero-order valence-corrected chi connectivity index (χ0v) is 10.4. The van der Waals surface area contributed by atoms with E-state index in [1.165, 1.54) is 4.88 Å². The molecule has 1 N–H and O–H groups in total. The van der Waals surface area contributed by atoms with Crippen LogP contribution in [0.15, 0.2) is 35.7 Å². The van der Waals surface area contributed by atoms with Gasteiger partial charge < -0.3 is 5.32 Å². The molecule has 0 aliphatic heterocycles. The Hall–Kier alpha value is -1.35. The summed E-state index contributed by atoms with van der Waals surface area (Å²) in [6.07, 6.45) is 1.07. The Bertz CT molecular complexity index is 437. The Kier molecular flexibility index (Phi) is 3.57. The van der Waals surface area contributed by atoms with Crippen LogP contribution in [0.25, 0.3) is 0 Å². The Balaban J connectivity index is 2.13. The van der Waals surface area contributed by atoms with Gasteiger partial charge in [0.25, 0.3) is 0 Å². The van der Waals surface area contributed by atoms with Gasteiger partial charge in [-0.2, -0.15) is 0 Å². The van der Waals surface area contributed by atoms with Crippen molar-refractivity contribution in [2.24, 2.45) is 0 Å². The third kappa shape index (κ3) is 2.61. The molecule has 16 heavy (non-hydrogen) atoms. The first-order valence-electron chi connectivity index (χ1n) is 5.53. The highest BCUT2D eigenvalue weighted by molar-refractivity contribution is 7.10. The summed E-state index contributed by atoms with van der Waals surface area (Å²) < 4.78 is 0. The molecular formula is C13H16N2S. The second-order valence-corrected chi connectivity index (χ2v) is 4.76. The quantitative estimate of drug-likeness (QED) is 0.861. The van der Waals surface area contributed by atoms with Gasteiger partial charge in [0, 0.05) is 10.6 Å². The van der Waals surface area contributed by atoms with E-state index >= 15 is 0 Å². The van der Waals surface area contributed by atoms with Crippen molar-refractivity contribution in [2.45, 2.75) is 26.3 Å². The van der Waals surface area contributed by atoms with Gasteiger partial charge in [0.15, 0.2) is 0 Å². The first-order chi connectivity index (χ1) is 7.79. The average molecular weight is 232 g/mol. The number of pyridine rings is 1. The van der Waals surface area contributed by atoms with E-state index in [1.54, 1.807) is 11.3 Å². The summed E-state index contributed by atoms with van der Waals surface area (Å²) in [5.41, 5.74) is 1.05. The highest BCUT2D eigenvalue weighted by atomic mass is 32.1. The van der Waals surface area contributed by atoms with E-state index in [1.807, 2.05) is 25.1 Å². The van der Waals surface area contributed by atoms with Crippen molar-refractivity contribution < 1.29 is 0 Å². The molecule has 0 bridgehead atoms. The van der Waals surface area contributed by atoms with Gasteiger partial charge in [-0.3, -0.25) is 0 Å². The molecule has 0 amide bonds. The van der Waals surface area contributed by atoms with E-state index in [4.69, 9.17) is 0 Å². The average Bonchev–Trinajstić information content (AvgIpc) is 2.79. The Morgan fingerprint density at radius 1 is 1.31 bits per heavy atom. The number of rotatable bonds is 4. The molecule has 1 unspecified atom stereocenters.